The molecule has 0 saturated carbocycles. The van der Waals surface area contributed by atoms with Gasteiger partial charge < -0.3 is 29.0 Å². The van der Waals surface area contributed by atoms with Crippen LogP contribution in [0.15, 0.2) is 33.2 Å². The van der Waals surface area contributed by atoms with Crippen LogP contribution in [0.4, 0.5) is 0 Å². The molecule has 174 valence electrons. The first-order valence-electron chi connectivity index (χ1n) is 9.96. The number of hydrogen-bond acceptors (Lipinski definition) is 7. The average molecular weight is 574 g/mol. The van der Waals surface area contributed by atoms with Crippen LogP contribution < -0.4 is 18.9 Å². The molecule has 0 aromatic heterocycles. The van der Waals surface area contributed by atoms with Crippen molar-refractivity contribution < 1.29 is 28.8 Å². The van der Waals surface area contributed by atoms with Gasteiger partial charge in [0, 0.05) is 44.9 Å². The van der Waals surface area contributed by atoms with Crippen molar-refractivity contribution >= 4 is 37.8 Å². The standard InChI is InChI=1S/C22H26Br2N2O6/c1-29-18-10-15(11-19(30-2)22(18)31-3)32-13-20(27)26-6-4-25(5-7-26)12-14-8-16(23)21(28)17(24)9-14/h8-11,28H,4-7,12-13H2,1-3H3. The lowest BCUT2D eigenvalue weighted by Gasteiger charge is -2.34. The van der Waals surface area contributed by atoms with E-state index in [9.17, 15) is 9.90 Å². The molecule has 10 heteroatoms. The smallest absolute Gasteiger partial charge is 0.260 e. The van der Waals surface area contributed by atoms with E-state index in [0.29, 0.717) is 45.0 Å². The van der Waals surface area contributed by atoms with Gasteiger partial charge in [0.25, 0.3) is 5.91 Å². The molecule has 1 heterocycles. The molecule has 0 spiro atoms. The van der Waals surface area contributed by atoms with E-state index in [4.69, 9.17) is 18.9 Å². The first kappa shape index (κ1) is 24.5. The van der Waals surface area contributed by atoms with Crippen molar-refractivity contribution in [2.45, 2.75) is 6.54 Å². The van der Waals surface area contributed by atoms with Gasteiger partial charge in [0.15, 0.2) is 18.1 Å². The van der Waals surface area contributed by atoms with Gasteiger partial charge in [0.05, 0.1) is 30.3 Å². The Morgan fingerprint density at radius 3 is 2.00 bits per heavy atom. The largest absolute Gasteiger partial charge is 0.506 e. The Bertz CT molecular complexity index is 915. The van der Waals surface area contributed by atoms with Gasteiger partial charge in [-0.1, -0.05) is 0 Å². The summed E-state index contributed by atoms with van der Waals surface area (Å²) in [4.78, 5) is 16.7. The topological polar surface area (TPSA) is 80.7 Å². The van der Waals surface area contributed by atoms with Crippen molar-refractivity contribution in [2.24, 2.45) is 0 Å². The maximum absolute atomic E-state index is 12.7. The number of hydrogen-bond donors (Lipinski definition) is 1. The van der Waals surface area contributed by atoms with E-state index in [0.717, 1.165) is 25.2 Å². The Morgan fingerprint density at radius 1 is 0.938 bits per heavy atom. The number of carbonyl (C=O) groups excluding carboxylic acids is 1. The number of phenols is 1. The molecule has 3 rings (SSSR count). The SMILES string of the molecule is COc1cc(OCC(=O)N2CCN(Cc3cc(Br)c(O)c(Br)c3)CC2)cc(OC)c1OC. The normalized spacial score (nSPS) is 14.2. The number of phenolic OH excluding ortho intramolecular Hbond substituents is 1. The zero-order valence-corrected chi connectivity index (χ0v) is 21.4. The lowest BCUT2D eigenvalue weighted by molar-refractivity contribution is -0.135. The quantitative estimate of drug-likeness (QED) is 0.516. The molecule has 1 saturated heterocycles. The van der Waals surface area contributed by atoms with Crippen molar-refractivity contribution in [3.05, 3.63) is 38.8 Å². The van der Waals surface area contributed by atoms with Gasteiger partial charge in [-0.15, -0.1) is 0 Å². The molecule has 1 N–H and O–H groups in total. The van der Waals surface area contributed by atoms with E-state index in [1.54, 1.807) is 17.0 Å². The summed E-state index contributed by atoms with van der Waals surface area (Å²) in [7, 11) is 4.59. The van der Waals surface area contributed by atoms with Gasteiger partial charge in [-0.05, 0) is 49.6 Å². The number of aromatic hydroxyl groups is 1. The van der Waals surface area contributed by atoms with Crippen LogP contribution in [0, 0.1) is 0 Å². The third kappa shape index (κ3) is 5.79. The second kappa shape index (κ2) is 11.1. The molecule has 1 amide bonds. The first-order chi connectivity index (χ1) is 15.4. The van der Waals surface area contributed by atoms with Crippen molar-refractivity contribution in [1.82, 2.24) is 9.80 Å². The van der Waals surface area contributed by atoms with Crippen LogP contribution in [0.2, 0.25) is 0 Å². The maximum Gasteiger partial charge on any atom is 0.260 e. The predicted molar refractivity (Wildman–Crippen MR) is 127 cm³/mol. The molecule has 1 fully saturated rings. The molecular weight excluding hydrogens is 548 g/mol. The Kier molecular flexibility index (Phi) is 8.50. The second-order valence-corrected chi connectivity index (χ2v) is 8.92. The van der Waals surface area contributed by atoms with Gasteiger partial charge in [0.2, 0.25) is 5.75 Å². The molecule has 0 unspecified atom stereocenters. The summed E-state index contributed by atoms with van der Waals surface area (Å²) in [6.45, 7) is 3.42. The number of rotatable bonds is 8. The summed E-state index contributed by atoms with van der Waals surface area (Å²) in [5.41, 5.74) is 1.08. The predicted octanol–water partition coefficient (Wildman–Crippen LogP) is 3.67. The minimum atomic E-state index is -0.0754. The zero-order valence-electron chi connectivity index (χ0n) is 18.2. The van der Waals surface area contributed by atoms with Crippen LogP contribution in [-0.4, -0.2) is 74.9 Å². The molecule has 0 atom stereocenters. The fraction of sp³-hybridized carbons (Fsp3) is 0.409. The maximum atomic E-state index is 12.7. The summed E-state index contributed by atoms with van der Waals surface area (Å²) < 4.78 is 23.0. The molecule has 2 aromatic rings. The minimum absolute atomic E-state index is 0.0729. The van der Waals surface area contributed by atoms with E-state index in [2.05, 4.69) is 36.8 Å². The lowest BCUT2D eigenvalue weighted by Crippen LogP contribution is -2.49. The summed E-state index contributed by atoms with van der Waals surface area (Å²) in [6.07, 6.45) is 0. The van der Waals surface area contributed by atoms with E-state index in [1.165, 1.54) is 21.3 Å². The summed E-state index contributed by atoms with van der Waals surface area (Å²) >= 11 is 6.73. The van der Waals surface area contributed by atoms with Crippen molar-refractivity contribution in [3.63, 3.8) is 0 Å². The van der Waals surface area contributed by atoms with Crippen molar-refractivity contribution in [3.8, 4) is 28.7 Å². The van der Waals surface area contributed by atoms with E-state index in [-0.39, 0.29) is 18.3 Å². The average Bonchev–Trinajstić information content (AvgIpc) is 2.80. The molecule has 1 aliphatic heterocycles. The number of halogens is 2. The highest BCUT2D eigenvalue weighted by Crippen LogP contribution is 2.40. The van der Waals surface area contributed by atoms with E-state index < -0.39 is 0 Å². The monoisotopic (exact) mass is 572 g/mol. The van der Waals surface area contributed by atoms with Gasteiger partial charge in [0.1, 0.15) is 11.5 Å². The number of piperazine rings is 1. The van der Waals surface area contributed by atoms with Crippen LogP contribution in [0.1, 0.15) is 5.56 Å². The number of benzene rings is 2. The highest BCUT2D eigenvalue weighted by molar-refractivity contribution is 9.11. The van der Waals surface area contributed by atoms with E-state index in [1.807, 2.05) is 12.1 Å². The molecule has 2 aromatic carbocycles. The molecule has 0 aliphatic carbocycles. The number of carbonyl (C=O) groups is 1. The number of amides is 1. The molecule has 0 radical (unpaired) electrons. The Labute approximate surface area is 204 Å². The second-order valence-electron chi connectivity index (χ2n) is 7.21. The van der Waals surface area contributed by atoms with Gasteiger partial charge >= 0.3 is 0 Å². The van der Waals surface area contributed by atoms with Gasteiger partial charge in [-0.2, -0.15) is 0 Å². The number of methoxy groups -OCH3 is 3. The van der Waals surface area contributed by atoms with Gasteiger partial charge in [-0.25, -0.2) is 0 Å². The van der Waals surface area contributed by atoms with E-state index >= 15 is 0 Å². The summed E-state index contributed by atoms with van der Waals surface area (Å²) in [5, 5.41) is 9.87. The Hall–Kier alpha value is -2.17. The van der Waals surface area contributed by atoms with Crippen molar-refractivity contribution in [1.29, 1.82) is 0 Å². The van der Waals surface area contributed by atoms with Crippen LogP contribution >= 0.6 is 31.9 Å². The fourth-order valence-electron chi connectivity index (χ4n) is 3.50. The summed E-state index contributed by atoms with van der Waals surface area (Å²) in [6, 6.07) is 7.15. The highest BCUT2D eigenvalue weighted by atomic mass is 79.9. The van der Waals surface area contributed by atoms with Crippen LogP contribution in [0.3, 0.4) is 0 Å². The molecule has 1 aliphatic rings. The van der Waals surface area contributed by atoms with Crippen LogP contribution in [0.25, 0.3) is 0 Å². The third-order valence-corrected chi connectivity index (χ3v) is 6.42. The molecule has 8 nitrogen and oxygen atoms in total. The van der Waals surface area contributed by atoms with Gasteiger partial charge in [-0.3, -0.25) is 9.69 Å². The first-order valence-corrected chi connectivity index (χ1v) is 11.5. The Balaban J connectivity index is 1.53. The molecule has 32 heavy (non-hydrogen) atoms. The lowest BCUT2D eigenvalue weighted by atomic mass is 10.2. The van der Waals surface area contributed by atoms with Crippen molar-refractivity contribution in [2.75, 3.05) is 54.1 Å². The Morgan fingerprint density at radius 2 is 1.50 bits per heavy atom. The number of nitrogens with zero attached hydrogens (tertiary/aromatic N) is 2. The van der Waals surface area contributed by atoms with Crippen LogP contribution in [0.5, 0.6) is 28.7 Å². The number of ether oxygens (including phenoxy) is 4. The fourth-order valence-corrected chi connectivity index (χ4v) is 4.78. The zero-order chi connectivity index (χ0) is 23.3. The summed E-state index contributed by atoms with van der Waals surface area (Å²) in [5.74, 6) is 1.99. The minimum Gasteiger partial charge on any atom is -0.506 e. The molecule has 0 bridgehead atoms. The third-order valence-electron chi connectivity index (χ3n) is 5.21. The highest BCUT2D eigenvalue weighted by Gasteiger charge is 2.22. The molecular formula is C22H26Br2N2O6. The van der Waals surface area contributed by atoms with Crippen LogP contribution in [-0.2, 0) is 11.3 Å².